The fourth-order valence-electron chi connectivity index (χ4n) is 1.16. The molecule has 1 rings (SSSR count). The molecule has 1 unspecified atom stereocenters. The van der Waals surface area contributed by atoms with Crippen LogP contribution < -0.4 is 0 Å². The minimum absolute atomic E-state index is 0.156. The van der Waals surface area contributed by atoms with Crippen molar-refractivity contribution < 1.29 is 9.53 Å². The highest BCUT2D eigenvalue weighted by atomic mass is 127. The van der Waals surface area contributed by atoms with Crippen molar-refractivity contribution in [3.05, 3.63) is 0 Å². The highest BCUT2D eigenvalue weighted by Crippen LogP contribution is 2.07. The first-order valence-corrected chi connectivity index (χ1v) is 5.70. The van der Waals surface area contributed by atoms with Gasteiger partial charge < -0.3 is 9.64 Å². The lowest BCUT2D eigenvalue weighted by molar-refractivity contribution is -0.138. The number of ether oxygens (including phenoxy) is 1. The topological polar surface area (TPSA) is 29.5 Å². The molecule has 12 heavy (non-hydrogen) atoms. The van der Waals surface area contributed by atoms with Gasteiger partial charge in [0.2, 0.25) is 5.91 Å². The summed E-state index contributed by atoms with van der Waals surface area (Å²) >= 11 is 2.25. The molecule has 0 aliphatic carbocycles. The number of morpholine rings is 1. The van der Waals surface area contributed by atoms with E-state index in [-0.39, 0.29) is 11.8 Å². The molecule has 70 valence electrons. The molecule has 0 bridgehead atoms. The second kappa shape index (κ2) is 5.01. The Morgan fingerprint density at radius 1 is 1.58 bits per heavy atom. The Balaban J connectivity index is 2.39. The van der Waals surface area contributed by atoms with E-state index in [1.54, 1.807) is 0 Å². The third kappa shape index (κ3) is 2.58. The molecule has 3 nitrogen and oxygen atoms in total. The maximum Gasteiger partial charge on any atom is 0.226 e. The zero-order valence-electron chi connectivity index (χ0n) is 7.25. The van der Waals surface area contributed by atoms with E-state index in [1.807, 2.05) is 11.8 Å². The van der Waals surface area contributed by atoms with E-state index in [9.17, 15) is 4.79 Å². The Bertz CT molecular complexity index is 157. The van der Waals surface area contributed by atoms with E-state index in [4.69, 9.17) is 4.74 Å². The van der Waals surface area contributed by atoms with Crippen LogP contribution in [0.5, 0.6) is 0 Å². The fourth-order valence-corrected chi connectivity index (χ4v) is 1.54. The van der Waals surface area contributed by atoms with Gasteiger partial charge in [-0.1, -0.05) is 29.5 Å². The van der Waals surface area contributed by atoms with Crippen LogP contribution in [0.1, 0.15) is 6.92 Å². The van der Waals surface area contributed by atoms with E-state index in [2.05, 4.69) is 22.6 Å². The van der Waals surface area contributed by atoms with Crippen molar-refractivity contribution in [2.75, 3.05) is 30.7 Å². The highest BCUT2D eigenvalue weighted by molar-refractivity contribution is 14.1. The van der Waals surface area contributed by atoms with Crippen molar-refractivity contribution in [2.45, 2.75) is 6.92 Å². The Morgan fingerprint density at radius 3 is 2.67 bits per heavy atom. The molecule has 1 saturated heterocycles. The quantitative estimate of drug-likeness (QED) is 0.557. The first-order chi connectivity index (χ1) is 5.75. The van der Waals surface area contributed by atoms with Crippen LogP contribution in [-0.4, -0.2) is 41.5 Å². The lowest BCUT2D eigenvalue weighted by Gasteiger charge is -2.28. The number of carbonyl (C=O) groups is 1. The average Bonchev–Trinajstić information content (AvgIpc) is 2.17. The van der Waals surface area contributed by atoms with Crippen LogP contribution in [0.25, 0.3) is 0 Å². The van der Waals surface area contributed by atoms with Gasteiger partial charge in [0.1, 0.15) is 0 Å². The van der Waals surface area contributed by atoms with E-state index < -0.39 is 0 Å². The standard InChI is InChI=1S/C8H14INO2/c1-7(6-9)8(11)10-2-4-12-5-3-10/h7H,2-6H2,1H3. The Morgan fingerprint density at radius 2 is 2.17 bits per heavy atom. The summed E-state index contributed by atoms with van der Waals surface area (Å²) < 4.78 is 6.06. The third-order valence-electron chi connectivity index (χ3n) is 1.98. The molecular weight excluding hydrogens is 269 g/mol. The molecule has 0 N–H and O–H groups in total. The van der Waals surface area contributed by atoms with Gasteiger partial charge in [-0.3, -0.25) is 4.79 Å². The molecule has 1 amide bonds. The van der Waals surface area contributed by atoms with Gasteiger partial charge in [0, 0.05) is 23.4 Å². The lowest BCUT2D eigenvalue weighted by Crippen LogP contribution is -2.43. The van der Waals surface area contributed by atoms with Crippen molar-refractivity contribution in [2.24, 2.45) is 5.92 Å². The van der Waals surface area contributed by atoms with Crippen LogP contribution in [0.2, 0.25) is 0 Å². The van der Waals surface area contributed by atoms with Gasteiger partial charge in [-0.25, -0.2) is 0 Å². The molecule has 0 radical (unpaired) electrons. The Kier molecular flexibility index (Phi) is 4.28. The lowest BCUT2D eigenvalue weighted by atomic mass is 10.2. The molecule has 1 fully saturated rings. The van der Waals surface area contributed by atoms with Crippen molar-refractivity contribution >= 4 is 28.5 Å². The van der Waals surface area contributed by atoms with Crippen molar-refractivity contribution in [1.82, 2.24) is 4.90 Å². The summed E-state index contributed by atoms with van der Waals surface area (Å²) in [7, 11) is 0. The molecule has 0 aromatic carbocycles. The van der Waals surface area contributed by atoms with Crippen LogP contribution in [0, 0.1) is 5.92 Å². The number of alkyl halides is 1. The monoisotopic (exact) mass is 283 g/mol. The normalized spacial score (nSPS) is 20.7. The molecule has 0 spiro atoms. The number of hydrogen-bond donors (Lipinski definition) is 0. The zero-order chi connectivity index (χ0) is 8.97. The summed E-state index contributed by atoms with van der Waals surface area (Å²) in [5.41, 5.74) is 0. The summed E-state index contributed by atoms with van der Waals surface area (Å²) in [6.07, 6.45) is 0. The molecule has 0 saturated carbocycles. The maximum absolute atomic E-state index is 11.6. The summed E-state index contributed by atoms with van der Waals surface area (Å²) in [5, 5.41) is 0. The van der Waals surface area contributed by atoms with E-state index in [0.717, 1.165) is 17.5 Å². The molecule has 1 heterocycles. The van der Waals surface area contributed by atoms with Gasteiger partial charge in [0.15, 0.2) is 0 Å². The first kappa shape index (κ1) is 10.2. The number of amides is 1. The molecule has 1 atom stereocenters. The average molecular weight is 283 g/mol. The van der Waals surface area contributed by atoms with Gasteiger partial charge in [-0.2, -0.15) is 0 Å². The largest absolute Gasteiger partial charge is 0.378 e. The second-order valence-electron chi connectivity index (χ2n) is 2.99. The van der Waals surface area contributed by atoms with Gasteiger partial charge >= 0.3 is 0 Å². The molecule has 1 aliphatic rings. The fraction of sp³-hybridized carbons (Fsp3) is 0.875. The van der Waals surface area contributed by atoms with Crippen molar-refractivity contribution in [1.29, 1.82) is 0 Å². The number of carbonyl (C=O) groups excluding carboxylic acids is 1. The zero-order valence-corrected chi connectivity index (χ0v) is 9.41. The first-order valence-electron chi connectivity index (χ1n) is 4.18. The smallest absolute Gasteiger partial charge is 0.226 e. The van der Waals surface area contributed by atoms with Crippen LogP contribution in [0.3, 0.4) is 0 Å². The molecule has 0 aromatic rings. The Hall–Kier alpha value is 0.160. The molecule has 0 aromatic heterocycles. The molecule has 4 heteroatoms. The Labute approximate surface area is 86.6 Å². The summed E-state index contributed by atoms with van der Waals surface area (Å²) in [4.78, 5) is 13.5. The van der Waals surface area contributed by atoms with E-state index >= 15 is 0 Å². The predicted octanol–water partition coefficient (Wildman–Crippen LogP) is 0.916. The number of halogens is 1. The summed E-state index contributed by atoms with van der Waals surface area (Å²) in [5.74, 6) is 0.427. The van der Waals surface area contributed by atoms with Crippen LogP contribution >= 0.6 is 22.6 Å². The minimum atomic E-state index is 0.156. The van der Waals surface area contributed by atoms with Gasteiger partial charge in [0.25, 0.3) is 0 Å². The van der Waals surface area contributed by atoms with Gasteiger partial charge in [-0.15, -0.1) is 0 Å². The molecule has 1 aliphatic heterocycles. The number of hydrogen-bond acceptors (Lipinski definition) is 2. The third-order valence-corrected chi connectivity index (χ3v) is 3.30. The summed E-state index contributed by atoms with van der Waals surface area (Å²) in [6, 6.07) is 0. The maximum atomic E-state index is 11.6. The number of nitrogens with zero attached hydrogens (tertiary/aromatic N) is 1. The van der Waals surface area contributed by atoms with Crippen LogP contribution in [0.4, 0.5) is 0 Å². The SMILES string of the molecule is CC(CI)C(=O)N1CCOCC1. The van der Waals surface area contributed by atoms with Crippen molar-refractivity contribution in [3.63, 3.8) is 0 Å². The van der Waals surface area contributed by atoms with Gasteiger partial charge in [-0.05, 0) is 0 Å². The highest BCUT2D eigenvalue weighted by Gasteiger charge is 2.20. The summed E-state index contributed by atoms with van der Waals surface area (Å²) in [6.45, 7) is 4.89. The van der Waals surface area contributed by atoms with Crippen molar-refractivity contribution in [3.8, 4) is 0 Å². The van der Waals surface area contributed by atoms with Crippen LogP contribution in [-0.2, 0) is 9.53 Å². The van der Waals surface area contributed by atoms with E-state index in [0.29, 0.717) is 13.2 Å². The number of rotatable bonds is 2. The predicted molar refractivity (Wildman–Crippen MR) is 55.5 cm³/mol. The van der Waals surface area contributed by atoms with Gasteiger partial charge in [0.05, 0.1) is 13.2 Å². The van der Waals surface area contributed by atoms with E-state index in [1.165, 1.54) is 0 Å². The minimum Gasteiger partial charge on any atom is -0.378 e. The second-order valence-corrected chi connectivity index (χ2v) is 3.87. The molecular formula is C8H14INO2. The van der Waals surface area contributed by atoms with Crippen LogP contribution in [0.15, 0.2) is 0 Å².